The molecule has 0 saturated carbocycles. The number of hydrogen-bond acceptors (Lipinski definition) is 4. The number of carbonyl (C=O) groups excluding carboxylic acids is 1. The van der Waals surface area contributed by atoms with Gasteiger partial charge in [0.25, 0.3) is 0 Å². The minimum atomic E-state index is -0.637. The first-order valence-electron chi connectivity index (χ1n) is 6.65. The maximum Gasteiger partial charge on any atom is 0.323 e. The molecule has 20 heavy (non-hydrogen) atoms. The fourth-order valence-corrected chi connectivity index (χ4v) is 2.00. The summed E-state index contributed by atoms with van der Waals surface area (Å²) in [5.74, 6) is -0.273. The molecule has 0 bridgehead atoms. The summed E-state index contributed by atoms with van der Waals surface area (Å²) in [4.78, 5) is 13.6. The van der Waals surface area contributed by atoms with Gasteiger partial charge in [0.15, 0.2) is 0 Å². The van der Waals surface area contributed by atoms with Crippen LogP contribution in [0.4, 0.5) is 0 Å². The van der Waals surface area contributed by atoms with Crippen molar-refractivity contribution < 1.29 is 14.6 Å². The summed E-state index contributed by atoms with van der Waals surface area (Å²) < 4.78 is 6.14. The SMILES string of the molecule is CC(C)OC(=O)C(C)N(C)CC(O)c1ccc(Br)cc1. The Kier molecular flexibility index (Phi) is 6.65. The van der Waals surface area contributed by atoms with Gasteiger partial charge in [0, 0.05) is 11.0 Å². The molecule has 1 aromatic rings. The zero-order valence-corrected chi connectivity index (χ0v) is 13.9. The lowest BCUT2D eigenvalue weighted by atomic mass is 10.1. The molecular formula is C15H22BrNO3. The second-order valence-corrected chi connectivity index (χ2v) is 6.08. The molecule has 0 saturated heterocycles. The van der Waals surface area contributed by atoms with E-state index < -0.39 is 6.10 Å². The van der Waals surface area contributed by atoms with Crippen LogP contribution < -0.4 is 0 Å². The number of carbonyl (C=O) groups is 1. The fourth-order valence-electron chi connectivity index (χ4n) is 1.73. The first-order chi connectivity index (χ1) is 9.31. The van der Waals surface area contributed by atoms with E-state index in [1.165, 1.54) is 0 Å². The van der Waals surface area contributed by atoms with Gasteiger partial charge in [-0.2, -0.15) is 0 Å². The third-order valence-corrected chi connectivity index (χ3v) is 3.60. The predicted molar refractivity (Wildman–Crippen MR) is 82.4 cm³/mol. The Morgan fingerprint density at radius 3 is 2.35 bits per heavy atom. The first kappa shape index (κ1) is 17.1. The standard InChI is InChI=1S/C15H22BrNO3/c1-10(2)20-15(19)11(3)17(4)9-14(18)12-5-7-13(16)8-6-12/h5-8,10-11,14,18H,9H2,1-4H3. The molecule has 4 nitrogen and oxygen atoms in total. The molecule has 1 aromatic carbocycles. The van der Waals surface area contributed by atoms with Gasteiger partial charge in [0.2, 0.25) is 0 Å². The van der Waals surface area contributed by atoms with Gasteiger partial charge in [0.05, 0.1) is 12.2 Å². The zero-order valence-electron chi connectivity index (χ0n) is 12.3. The Morgan fingerprint density at radius 1 is 1.30 bits per heavy atom. The van der Waals surface area contributed by atoms with E-state index in [2.05, 4.69) is 15.9 Å². The van der Waals surface area contributed by atoms with Gasteiger partial charge in [-0.15, -0.1) is 0 Å². The molecule has 0 aliphatic carbocycles. The maximum atomic E-state index is 11.8. The Hall–Kier alpha value is -0.910. The summed E-state index contributed by atoms with van der Waals surface area (Å²) in [5.41, 5.74) is 0.824. The molecule has 0 radical (unpaired) electrons. The number of halogens is 1. The summed E-state index contributed by atoms with van der Waals surface area (Å²) in [6.07, 6.45) is -0.767. The quantitative estimate of drug-likeness (QED) is 0.807. The van der Waals surface area contributed by atoms with E-state index in [9.17, 15) is 9.90 Å². The lowest BCUT2D eigenvalue weighted by Gasteiger charge is -2.26. The predicted octanol–water partition coefficient (Wildman–Crippen LogP) is 2.75. The molecule has 112 valence electrons. The van der Waals surface area contributed by atoms with Gasteiger partial charge in [-0.05, 0) is 45.5 Å². The number of benzene rings is 1. The molecular weight excluding hydrogens is 322 g/mol. The highest BCUT2D eigenvalue weighted by Gasteiger charge is 2.22. The third kappa shape index (κ3) is 5.23. The molecule has 1 N–H and O–H groups in total. The summed E-state index contributed by atoms with van der Waals surface area (Å²) in [6, 6.07) is 7.10. The van der Waals surface area contributed by atoms with Gasteiger partial charge < -0.3 is 9.84 Å². The van der Waals surface area contributed by atoms with Crippen LogP contribution in [0.3, 0.4) is 0 Å². The highest BCUT2D eigenvalue weighted by molar-refractivity contribution is 9.10. The van der Waals surface area contributed by atoms with Crippen LogP contribution in [0.15, 0.2) is 28.7 Å². The number of aliphatic hydroxyl groups excluding tert-OH is 1. The van der Waals surface area contributed by atoms with Gasteiger partial charge >= 0.3 is 5.97 Å². The first-order valence-corrected chi connectivity index (χ1v) is 7.44. The van der Waals surface area contributed by atoms with Crippen LogP contribution in [0.1, 0.15) is 32.4 Å². The minimum Gasteiger partial charge on any atom is -0.462 e. The molecule has 2 atom stereocenters. The number of nitrogens with zero attached hydrogens (tertiary/aromatic N) is 1. The van der Waals surface area contributed by atoms with E-state index in [4.69, 9.17) is 4.74 Å². The fraction of sp³-hybridized carbons (Fsp3) is 0.533. The summed E-state index contributed by atoms with van der Waals surface area (Å²) in [5, 5.41) is 10.2. The number of likely N-dealkylation sites (N-methyl/N-ethyl adjacent to an activating group) is 1. The van der Waals surface area contributed by atoms with Crippen molar-refractivity contribution in [2.75, 3.05) is 13.6 Å². The van der Waals surface area contributed by atoms with E-state index in [1.54, 1.807) is 18.9 Å². The Labute approximate surface area is 128 Å². The number of rotatable bonds is 6. The molecule has 1 rings (SSSR count). The number of aliphatic hydroxyl groups is 1. The molecule has 0 aliphatic heterocycles. The Balaban J connectivity index is 2.58. The molecule has 0 aromatic heterocycles. The van der Waals surface area contributed by atoms with Crippen molar-refractivity contribution >= 4 is 21.9 Å². The van der Waals surface area contributed by atoms with Crippen LogP contribution in [0.25, 0.3) is 0 Å². The second kappa shape index (κ2) is 7.76. The summed E-state index contributed by atoms with van der Waals surface area (Å²) in [7, 11) is 1.80. The monoisotopic (exact) mass is 343 g/mol. The molecule has 0 aliphatic rings. The number of hydrogen-bond donors (Lipinski definition) is 1. The van der Waals surface area contributed by atoms with Crippen LogP contribution in [0, 0.1) is 0 Å². The van der Waals surface area contributed by atoms with Crippen molar-refractivity contribution in [2.24, 2.45) is 0 Å². The minimum absolute atomic E-state index is 0.130. The van der Waals surface area contributed by atoms with E-state index >= 15 is 0 Å². The highest BCUT2D eigenvalue weighted by atomic mass is 79.9. The Bertz CT molecular complexity index is 433. The van der Waals surface area contributed by atoms with Crippen LogP contribution in [0.5, 0.6) is 0 Å². The topological polar surface area (TPSA) is 49.8 Å². The number of ether oxygens (including phenoxy) is 1. The van der Waals surface area contributed by atoms with Crippen molar-refractivity contribution in [3.63, 3.8) is 0 Å². The van der Waals surface area contributed by atoms with Crippen LogP contribution >= 0.6 is 15.9 Å². The van der Waals surface area contributed by atoms with E-state index in [0.29, 0.717) is 6.54 Å². The van der Waals surface area contributed by atoms with E-state index in [1.807, 2.05) is 38.1 Å². The van der Waals surface area contributed by atoms with Crippen molar-refractivity contribution in [3.8, 4) is 0 Å². The normalized spacial score (nSPS) is 14.4. The van der Waals surface area contributed by atoms with Crippen molar-refractivity contribution in [1.29, 1.82) is 0 Å². The van der Waals surface area contributed by atoms with Gasteiger partial charge in [-0.3, -0.25) is 9.69 Å². The van der Waals surface area contributed by atoms with Gasteiger partial charge in [0.1, 0.15) is 6.04 Å². The average Bonchev–Trinajstić information content (AvgIpc) is 2.37. The van der Waals surface area contributed by atoms with Gasteiger partial charge in [-0.1, -0.05) is 28.1 Å². The van der Waals surface area contributed by atoms with Crippen molar-refractivity contribution in [1.82, 2.24) is 4.90 Å². The van der Waals surface area contributed by atoms with Crippen molar-refractivity contribution in [3.05, 3.63) is 34.3 Å². The second-order valence-electron chi connectivity index (χ2n) is 5.17. The maximum absolute atomic E-state index is 11.8. The number of esters is 1. The molecule has 2 unspecified atom stereocenters. The summed E-state index contributed by atoms with van der Waals surface area (Å²) >= 11 is 3.36. The molecule has 0 fully saturated rings. The van der Waals surface area contributed by atoms with Crippen molar-refractivity contribution in [2.45, 2.75) is 39.0 Å². The summed E-state index contributed by atoms with van der Waals surface area (Å²) in [6.45, 7) is 5.79. The van der Waals surface area contributed by atoms with Crippen LogP contribution in [-0.2, 0) is 9.53 Å². The van der Waals surface area contributed by atoms with Crippen LogP contribution in [-0.4, -0.2) is 41.7 Å². The van der Waals surface area contributed by atoms with Gasteiger partial charge in [-0.25, -0.2) is 0 Å². The van der Waals surface area contributed by atoms with Crippen LogP contribution in [0.2, 0.25) is 0 Å². The molecule has 0 amide bonds. The molecule has 0 spiro atoms. The third-order valence-electron chi connectivity index (χ3n) is 3.07. The lowest BCUT2D eigenvalue weighted by molar-refractivity contribution is -0.153. The smallest absolute Gasteiger partial charge is 0.323 e. The zero-order chi connectivity index (χ0) is 15.3. The Morgan fingerprint density at radius 2 is 1.85 bits per heavy atom. The molecule has 0 heterocycles. The lowest BCUT2D eigenvalue weighted by Crippen LogP contribution is -2.40. The largest absolute Gasteiger partial charge is 0.462 e. The average molecular weight is 344 g/mol. The highest BCUT2D eigenvalue weighted by Crippen LogP contribution is 2.18. The van der Waals surface area contributed by atoms with E-state index in [0.717, 1.165) is 10.0 Å². The van der Waals surface area contributed by atoms with E-state index in [-0.39, 0.29) is 18.1 Å². The molecule has 5 heteroatoms.